The minimum Gasteiger partial charge on any atom is -0.503 e. The fourth-order valence-corrected chi connectivity index (χ4v) is 3.65. The summed E-state index contributed by atoms with van der Waals surface area (Å²) in [7, 11) is 1.36. The van der Waals surface area contributed by atoms with Crippen LogP contribution in [0, 0.1) is 0 Å². The van der Waals surface area contributed by atoms with E-state index in [1.165, 1.54) is 13.2 Å². The lowest BCUT2D eigenvalue weighted by Gasteiger charge is -2.36. The molecular weight excluding hydrogens is 445 g/mol. The number of halogens is 5. The average Bonchev–Trinajstić information content (AvgIpc) is 2.51. The van der Waals surface area contributed by atoms with Crippen molar-refractivity contribution >= 4 is 31.9 Å². The van der Waals surface area contributed by atoms with E-state index in [0.29, 0.717) is 36.2 Å². The maximum absolute atomic E-state index is 13.1. The highest BCUT2D eigenvalue weighted by Crippen LogP contribution is 2.46. The van der Waals surface area contributed by atoms with Gasteiger partial charge in [-0.2, -0.15) is 13.2 Å². The van der Waals surface area contributed by atoms with Gasteiger partial charge < -0.3 is 15.2 Å². The largest absolute Gasteiger partial charge is 0.503 e. The number of alkyl halides is 3. The summed E-state index contributed by atoms with van der Waals surface area (Å²) >= 11 is 6.50. The van der Waals surface area contributed by atoms with E-state index in [-0.39, 0.29) is 16.0 Å². The topological polar surface area (TPSA) is 44.7 Å². The molecule has 0 radical (unpaired) electrons. The minimum absolute atomic E-state index is 0.136. The average molecular weight is 462 g/mol. The zero-order valence-corrected chi connectivity index (χ0v) is 15.6. The van der Waals surface area contributed by atoms with Crippen LogP contribution >= 0.6 is 31.9 Å². The molecule has 0 spiro atoms. The molecule has 1 saturated heterocycles. The van der Waals surface area contributed by atoms with Gasteiger partial charge in [-0.1, -0.05) is 0 Å². The molecule has 2 rings (SSSR count). The standard InChI is InChI=1S/C14H17Br2F3N2O2/c1-23-10-6-8(11(15)12(16)13(10)22)9(7-14(17,18)19)21-4-2-20-3-5-21/h6,9,20,22H,2-5,7H2,1H3/t9-/m1/s1. The Balaban J connectivity index is 2.47. The molecule has 0 amide bonds. The molecule has 0 aliphatic carbocycles. The van der Waals surface area contributed by atoms with Crippen LogP contribution in [0.15, 0.2) is 15.0 Å². The molecule has 1 heterocycles. The van der Waals surface area contributed by atoms with Crippen LogP contribution in [0.5, 0.6) is 11.5 Å². The molecule has 1 atom stereocenters. The SMILES string of the molecule is COc1cc([C@@H](CC(F)(F)F)N2CCNCC2)c(Br)c(Br)c1O. The van der Waals surface area contributed by atoms with Gasteiger partial charge in [-0.25, -0.2) is 0 Å². The number of methoxy groups -OCH3 is 1. The number of hydrogen-bond acceptors (Lipinski definition) is 4. The van der Waals surface area contributed by atoms with Crippen molar-refractivity contribution in [3.05, 3.63) is 20.6 Å². The molecule has 0 saturated carbocycles. The summed E-state index contributed by atoms with van der Waals surface area (Å²) in [6, 6.07) is 0.611. The molecule has 23 heavy (non-hydrogen) atoms. The van der Waals surface area contributed by atoms with Crippen LogP contribution in [0.3, 0.4) is 0 Å². The molecule has 1 aliphatic heterocycles. The van der Waals surface area contributed by atoms with E-state index >= 15 is 0 Å². The Hall–Kier alpha value is -0.510. The van der Waals surface area contributed by atoms with Crippen molar-refractivity contribution in [3.63, 3.8) is 0 Å². The second-order valence-corrected chi connectivity index (χ2v) is 6.85. The third-order valence-corrected chi connectivity index (χ3v) is 5.93. The maximum atomic E-state index is 13.1. The van der Waals surface area contributed by atoms with Crippen molar-refractivity contribution in [1.82, 2.24) is 10.2 Å². The smallest absolute Gasteiger partial charge is 0.390 e. The molecule has 0 unspecified atom stereocenters. The van der Waals surface area contributed by atoms with Gasteiger partial charge in [0, 0.05) is 36.7 Å². The lowest BCUT2D eigenvalue weighted by Crippen LogP contribution is -2.46. The second kappa shape index (κ2) is 7.58. The van der Waals surface area contributed by atoms with E-state index in [1.54, 1.807) is 4.90 Å². The summed E-state index contributed by atoms with van der Waals surface area (Å²) in [6.07, 6.45) is -5.27. The summed E-state index contributed by atoms with van der Waals surface area (Å²) in [4.78, 5) is 1.80. The summed E-state index contributed by atoms with van der Waals surface area (Å²) in [6.45, 7) is 2.33. The van der Waals surface area contributed by atoms with Gasteiger partial charge in [0.25, 0.3) is 0 Å². The van der Waals surface area contributed by atoms with Gasteiger partial charge in [0.15, 0.2) is 11.5 Å². The summed E-state index contributed by atoms with van der Waals surface area (Å²) in [5.41, 5.74) is 0.436. The van der Waals surface area contributed by atoms with Gasteiger partial charge >= 0.3 is 6.18 Å². The molecule has 2 N–H and O–H groups in total. The first-order valence-corrected chi connectivity index (χ1v) is 8.59. The molecular formula is C14H17Br2F3N2O2. The molecule has 0 aromatic heterocycles. The zero-order chi connectivity index (χ0) is 17.2. The van der Waals surface area contributed by atoms with Gasteiger partial charge in [0.1, 0.15) is 0 Å². The van der Waals surface area contributed by atoms with E-state index < -0.39 is 18.6 Å². The van der Waals surface area contributed by atoms with E-state index in [4.69, 9.17) is 4.74 Å². The van der Waals surface area contributed by atoms with Crippen molar-refractivity contribution in [2.45, 2.75) is 18.6 Å². The normalized spacial score (nSPS) is 18.0. The Morgan fingerprint density at radius 2 is 1.91 bits per heavy atom. The predicted molar refractivity (Wildman–Crippen MR) is 87.9 cm³/mol. The number of hydrogen-bond donors (Lipinski definition) is 2. The van der Waals surface area contributed by atoms with Gasteiger partial charge in [0.2, 0.25) is 0 Å². The molecule has 4 nitrogen and oxygen atoms in total. The minimum atomic E-state index is -4.30. The Kier molecular flexibility index (Phi) is 6.21. The Bertz CT molecular complexity index is 564. The van der Waals surface area contributed by atoms with Gasteiger partial charge in [-0.3, -0.25) is 4.90 Å². The predicted octanol–water partition coefficient (Wildman–Crippen LogP) is 3.82. The van der Waals surface area contributed by atoms with Crippen molar-refractivity contribution in [1.29, 1.82) is 0 Å². The quantitative estimate of drug-likeness (QED) is 0.715. The van der Waals surface area contributed by atoms with E-state index in [1.807, 2.05) is 0 Å². The van der Waals surface area contributed by atoms with Gasteiger partial charge in [-0.15, -0.1) is 0 Å². The number of phenols is 1. The number of piperazine rings is 1. The van der Waals surface area contributed by atoms with E-state index in [2.05, 4.69) is 37.2 Å². The highest BCUT2D eigenvalue weighted by atomic mass is 79.9. The van der Waals surface area contributed by atoms with Crippen molar-refractivity contribution in [2.75, 3.05) is 33.3 Å². The van der Waals surface area contributed by atoms with Crippen LogP contribution in [0.4, 0.5) is 13.2 Å². The van der Waals surface area contributed by atoms with Crippen LogP contribution < -0.4 is 10.1 Å². The van der Waals surface area contributed by atoms with Gasteiger partial charge in [-0.05, 0) is 43.5 Å². The lowest BCUT2D eigenvalue weighted by atomic mass is 10.00. The van der Waals surface area contributed by atoms with E-state index in [0.717, 1.165) is 0 Å². The first-order chi connectivity index (χ1) is 10.7. The molecule has 9 heteroatoms. The lowest BCUT2D eigenvalue weighted by molar-refractivity contribution is -0.148. The monoisotopic (exact) mass is 460 g/mol. The Morgan fingerprint density at radius 3 is 2.43 bits per heavy atom. The highest BCUT2D eigenvalue weighted by molar-refractivity contribution is 9.13. The van der Waals surface area contributed by atoms with Crippen LogP contribution in [-0.2, 0) is 0 Å². The van der Waals surface area contributed by atoms with E-state index in [9.17, 15) is 18.3 Å². The Labute approximate surface area is 149 Å². The molecule has 1 aromatic rings. The summed E-state index contributed by atoms with van der Waals surface area (Å²) in [5, 5.41) is 13.1. The fourth-order valence-electron chi connectivity index (χ4n) is 2.66. The third-order valence-electron chi connectivity index (χ3n) is 3.77. The fraction of sp³-hybridized carbons (Fsp3) is 0.571. The van der Waals surface area contributed by atoms with Crippen LogP contribution in [0.1, 0.15) is 18.0 Å². The number of rotatable bonds is 4. The van der Waals surface area contributed by atoms with Crippen LogP contribution in [0.25, 0.3) is 0 Å². The van der Waals surface area contributed by atoms with Crippen LogP contribution in [0.2, 0.25) is 0 Å². The first kappa shape index (κ1) is 18.8. The number of nitrogens with one attached hydrogen (secondary N) is 1. The summed E-state index contributed by atoms with van der Waals surface area (Å²) < 4.78 is 45.0. The van der Waals surface area contributed by atoms with Gasteiger partial charge in [0.05, 0.1) is 18.0 Å². The van der Waals surface area contributed by atoms with Crippen molar-refractivity contribution in [3.8, 4) is 11.5 Å². The molecule has 0 bridgehead atoms. The van der Waals surface area contributed by atoms with Crippen molar-refractivity contribution < 1.29 is 23.0 Å². The molecule has 1 aliphatic rings. The number of phenolic OH excluding ortho intramolecular Hbond substituents is 1. The zero-order valence-electron chi connectivity index (χ0n) is 12.4. The highest BCUT2D eigenvalue weighted by Gasteiger charge is 2.37. The van der Waals surface area contributed by atoms with Crippen molar-refractivity contribution in [2.24, 2.45) is 0 Å². The molecule has 1 aromatic carbocycles. The summed E-state index contributed by atoms with van der Waals surface area (Å²) in [5.74, 6) is -0.00780. The maximum Gasteiger partial charge on any atom is 0.390 e. The van der Waals surface area contributed by atoms with Crippen LogP contribution in [-0.4, -0.2) is 49.5 Å². The number of aromatic hydroxyl groups is 1. The molecule has 1 fully saturated rings. The molecule has 130 valence electrons. The number of benzene rings is 1. The second-order valence-electron chi connectivity index (χ2n) is 5.27. The third kappa shape index (κ3) is 4.52. The number of nitrogens with zero attached hydrogens (tertiary/aromatic N) is 1. The first-order valence-electron chi connectivity index (χ1n) is 7.01. The number of ether oxygens (including phenoxy) is 1. The Morgan fingerprint density at radius 1 is 1.30 bits per heavy atom.